The number of hydrogen-bond donors (Lipinski definition) is 1. The Morgan fingerprint density at radius 1 is 1.50 bits per heavy atom. The van der Waals surface area contributed by atoms with Gasteiger partial charge in [-0.05, 0) is 5.92 Å². The van der Waals surface area contributed by atoms with Crippen LogP contribution in [0.15, 0.2) is 11.8 Å². The van der Waals surface area contributed by atoms with Crippen molar-refractivity contribution in [2.45, 2.75) is 13.8 Å². The normalized spacial score (nSPS) is 11.2. The van der Waals surface area contributed by atoms with E-state index < -0.39 is 5.97 Å². The molecule has 1 N–H and O–H groups in total. The van der Waals surface area contributed by atoms with Gasteiger partial charge in [0, 0.05) is 0 Å². The van der Waals surface area contributed by atoms with Crippen LogP contribution in [-0.2, 0) is 14.3 Å². The Bertz CT molecular complexity index is 196. The van der Waals surface area contributed by atoms with Gasteiger partial charge < -0.3 is 10.1 Å². The van der Waals surface area contributed by atoms with E-state index in [1.807, 2.05) is 13.8 Å². The highest BCUT2D eigenvalue weighted by molar-refractivity contribution is 5.90. The first-order chi connectivity index (χ1) is 5.61. The molecule has 0 spiro atoms. The smallest absolute Gasteiger partial charge is 0.354 e. The molecule has 0 atom stereocenters. The topological polar surface area (TPSA) is 55.4 Å². The van der Waals surface area contributed by atoms with E-state index in [2.05, 4.69) is 10.1 Å². The number of rotatable bonds is 4. The maximum absolute atomic E-state index is 10.9. The summed E-state index contributed by atoms with van der Waals surface area (Å²) in [4.78, 5) is 21.0. The van der Waals surface area contributed by atoms with Crippen LogP contribution in [0.5, 0.6) is 0 Å². The summed E-state index contributed by atoms with van der Waals surface area (Å²) in [7, 11) is 1.27. The molecule has 0 saturated carbocycles. The average molecular weight is 171 g/mol. The fourth-order valence-corrected chi connectivity index (χ4v) is 0.682. The molecule has 0 aliphatic rings. The molecule has 0 bridgehead atoms. The number of allylic oxidation sites excluding steroid dienone is 1. The maximum atomic E-state index is 10.9. The largest absolute Gasteiger partial charge is 0.464 e. The summed E-state index contributed by atoms with van der Waals surface area (Å²) in [6, 6.07) is 0. The van der Waals surface area contributed by atoms with Gasteiger partial charge in [-0.3, -0.25) is 4.79 Å². The van der Waals surface area contributed by atoms with Crippen LogP contribution in [0.25, 0.3) is 0 Å². The first-order valence-electron chi connectivity index (χ1n) is 3.62. The van der Waals surface area contributed by atoms with Gasteiger partial charge in [-0.25, -0.2) is 4.79 Å². The molecular formula is C8H13NO3. The van der Waals surface area contributed by atoms with Crippen LogP contribution >= 0.6 is 0 Å². The second-order valence-corrected chi connectivity index (χ2v) is 2.58. The zero-order valence-corrected chi connectivity index (χ0v) is 7.46. The van der Waals surface area contributed by atoms with E-state index in [0.29, 0.717) is 6.41 Å². The maximum Gasteiger partial charge on any atom is 0.354 e. The third-order valence-electron chi connectivity index (χ3n) is 1.12. The minimum Gasteiger partial charge on any atom is -0.464 e. The van der Waals surface area contributed by atoms with Crippen molar-refractivity contribution in [3.05, 3.63) is 11.8 Å². The van der Waals surface area contributed by atoms with Gasteiger partial charge in [0.1, 0.15) is 5.70 Å². The standard InChI is InChI=1S/C8H13NO3/c1-6(2)4-7(9-5-10)8(11)12-3/h4-6H,1-3H3,(H,9,10)/b7-4+. The average Bonchev–Trinajstić information content (AvgIpc) is 2.01. The minimum atomic E-state index is -0.532. The second kappa shape index (κ2) is 5.35. The molecule has 0 aromatic carbocycles. The van der Waals surface area contributed by atoms with Gasteiger partial charge in [0.25, 0.3) is 0 Å². The lowest BCUT2D eigenvalue weighted by Gasteiger charge is -2.04. The number of esters is 1. The van der Waals surface area contributed by atoms with Gasteiger partial charge in [-0.1, -0.05) is 19.9 Å². The quantitative estimate of drug-likeness (QED) is 0.379. The number of methoxy groups -OCH3 is 1. The van der Waals surface area contributed by atoms with Crippen LogP contribution in [0.1, 0.15) is 13.8 Å². The summed E-state index contributed by atoms with van der Waals surface area (Å²) in [6.07, 6.45) is 2.07. The van der Waals surface area contributed by atoms with Crippen LogP contribution < -0.4 is 5.32 Å². The molecular weight excluding hydrogens is 158 g/mol. The lowest BCUT2D eigenvalue weighted by molar-refractivity contribution is -0.137. The Kier molecular flexibility index (Phi) is 4.76. The fourth-order valence-electron chi connectivity index (χ4n) is 0.682. The monoisotopic (exact) mass is 171 g/mol. The number of carbonyl (C=O) groups excluding carboxylic acids is 2. The molecule has 12 heavy (non-hydrogen) atoms. The molecule has 68 valence electrons. The van der Waals surface area contributed by atoms with E-state index in [-0.39, 0.29) is 11.6 Å². The molecule has 0 aliphatic carbocycles. The van der Waals surface area contributed by atoms with Gasteiger partial charge in [-0.15, -0.1) is 0 Å². The number of nitrogens with one attached hydrogen (secondary N) is 1. The molecule has 0 heterocycles. The number of hydrogen-bond acceptors (Lipinski definition) is 3. The van der Waals surface area contributed by atoms with Crippen molar-refractivity contribution in [2.75, 3.05) is 7.11 Å². The Morgan fingerprint density at radius 3 is 2.42 bits per heavy atom. The van der Waals surface area contributed by atoms with Crippen LogP contribution in [-0.4, -0.2) is 19.5 Å². The highest BCUT2D eigenvalue weighted by Crippen LogP contribution is 2.00. The zero-order valence-electron chi connectivity index (χ0n) is 7.46. The fraction of sp³-hybridized carbons (Fsp3) is 0.500. The summed E-state index contributed by atoms with van der Waals surface area (Å²) < 4.78 is 4.44. The van der Waals surface area contributed by atoms with Gasteiger partial charge in [-0.2, -0.15) is 0 Å². The van der Waals surface area contributed by atoms with Gasteiger partial charge in [0.15, 0.2) is 0 Å². The third-order valence-corrected chi connectivity index (χ3v) is 1.12. The number of carbonyl (C=O) groups is 2. The van der Waals surface area contributed by atoms with Crippen LogP contribution in [0.2, 0.25) is 0 Å². The first kappa shape index (κ1) is 10.7. The molecule has 0 fully saturated rings. The summed E-state index contributed by atoms with van der Waals surface area (Å²) in [5.41, 5.74) is 0.183. The van der Waals surface area contributed by atoms with Crippen molar-refractivity contribution in [3.8, 4) is 0 Å². The van der Waals surface area contributed by atoms with Crippen LogP contribution in [0.4, 0.5) is 0 Å². The van der Waals surface area contributed by atoms with Crippen LogP contribution in [0, 0.1) is 5.92 Å². The summed E-state index contributed by atoms with van der Waals surface area (Å²) >= 11 is 0. The number of ether oxygens (including phenoxy) is 1. The molecule has 1 amide bonds. The zero-order chi connectivity index (χ0) is 9.56. The van der Waals surface area contributed by atoms with E-state index in [1.165, 1.54) is 7.11 Å². The van der Waals surface area contributed by atoms with Crippen molar-refractivity contribution in [3.63, 3.8) is 0 Å². The van der Waals surface area contributed by atoms with Crippen molar-refractivity contribution in [1.82, 2.24) is 5.32 Å². The predicted molar refractivity (Wildman–Crippen MR) is 44.1 cm³/mol. The Morgan fingerprint density at radius 2 is 2.08 bits per heavy atom. The molecule has 0 rings (SSSR count). The third kappa shape index (κ3) is 3.75. The molecule has 0 aromatic heterocycles. The Hall–Kier alpha value is -1.32. The van der Waals surface area contributed by atoms with Crippen LogP contribution in [0.3, 0.4) is 0 Å². The second-order valence-electron chi connectivity index (χ2n) is 2.58. The Balaban J connectivity index is 4.41. The predicted octanol–water partition coefficient (Wildman–Crippen LogP) is 0.445. The van der Waals surface area contributed by atoms with Gasteiger partial charge in [0.05, 0.1) is 7.11 Å². The summed E-state index contributed by atoms with van der Waals surface area (Å²) in [5, 5.41) is 2.27. The molecule has 0 unspecified atom stereocenters. The van der Waals surface area contributed by atoms with Gasteiger partial charge >= 0.3 is 5.97 Å². The van der Waals surface area contributed by atoms with Crippen molar-refractivity contribution in [2.24, 2.45) is 5.92 Å². The SMILES string of the molecule is COC(=O)/C(=C\C(C)C)NC=O. The van der Waals surface area contributed by atoms with Crippen molar-refractivity contribution >= 4 is 12.4 Å². The lowest BCUT2D eigenvalue weighted by Crippen LogP contribution is -2.20. The highest BCUT2D eigenvalue weighted by atomic mass is 16.5. The van der Waals surface area contributed by atoms with E-state index in [0.717, 1.165) is 0 Å². The van der Waals surface area contributed by atoms with E-state index in [4.69, 9.17) is 0 Å². The molecule has 4 nitrogen and oxygen atoms in total. The molecule has 0 aromatic rings. The summed E-state index contributed by atoms with van der Waals surface area (Å²) in [6.45, 7) is 3.80. The molecule has 4 heteroatoms. The van der Waals surface area contributed by atoms with Crippen molar-refractivity contribution < 1.29 is 14.3 Å². The molecule has 0 aliphatic heterocycles. The van der Waals surface area contributed by atoms with Gasteiger partial charge in [0.2, 0.25) is 6.41 Å². The minimum absolute atomic E-state index is 0.183. The lowest BCUT2D eigenvalue weighted by atomic mass is 10.2. The summed E-state index contributed by atoms with van der Waals surface area (Å²) in [5.74, 6) is -0.345. The van der Waals surface area contributed by atoms with Crippen molar-refractivity contribution in [1.29, 1.82) is 0 Å². The first-order valence-corrected chi connectivity index (χ1v) is 3.62. The van der Waals surface area contributed by atoms with E-state index in [9.17, 15) is 9.59 Å². The molecule has 0 radical (unpaired) electrons. The molecule has 0 saturated heterocycles. The highest BCUT2D eigenvalue weighted by Gasteiger charge is 2.08. The van der Waals surface area contributed by atoms with E-state index in [1.54, 1.807) is 6.08 Å². The Labute approximate surface area is 71.6 Å². The van der Waals surface area contributed by atoms with E-state index >= 15 is 0 Å². The number of amides is 1.